The minimum Gasteiger partial charge on any atom is -0.399 e. The fraction of sp³-hybridized carbons (Fsp3) is 0.182. The molecule has 2 heterocycles. The molecule has 1 fully saturated rings. The first-order valence-corrected chi connectivity index (χ1v) is 13.2. The molecular weight excluding hydrogens is 481 g/mol. The summed E-state index contributed by atoms with van der Waals surface area (Å²) in [6.07, 6.45) is 0. The largest absolute Gasteiger partial charge is 0.494 e. The van der Waals surface area contributed by atoms with E-state index in [1.165, 1.54) is 0 Å². The number of rotatable bonds is 5. The maximum absolute atomic E-state index is 6.30. The number of aromatic nitrogens is 3. The van der Waals surface area contributed by atoms with Crippen molar-refractivity contribution in [3.8, 4) is 45.3 Å². The molecule has 4 aromatic carbocycles. The Morgan fingerprint density at radius 1 is 0.462 bits per heavy atom. The average Bonchev–Trinajstić information content (AvgIpc) is 3.20. The molecule has 0 atom stereocenters. The lowest BCUT2D eigenvalue weighted by molar-refractivity contribution is 0.00578. The second kappa shape index (κ2) is 9.88. The minimum atomic E-state index is -0.413. The van der Waals surface area contributed by atoms with E-state index in [-0.39, 0.29) is 11.2 Å². The lowest BCUT2D eigenvalue weighted by atomic mass is 9.78. The van der Waals surface area contributed by atoms with Gasteiger partial charge in [-0.2, -0.15) is 0 Å². The van der Waals surface area contributed by atoms with Gasteiger partial charge in [-0.1, -0.05) is 103 Å². The maximum atomic E-state index is 6.30. The van der Waals surface area contributed by atoms with Crippen LogP contribution in [-0.4, -0.2) is 33.3 Å². The van der Waals surface area contributed by atoms with Crippen molar-refractivity contribution < 1.29 is 9.31 Å². The molecule has 6 rings (SSSR count). The van der Waals surface area contributed by atoms with E-state index in [0.29, 0.717) is 17.5 Å². The molecule has 0 unspecified atom stereocenters. The average molecular weight is 511 g/mol. The summed E-state index contributed by atoms with van der Waals surface area (Å²) in [5, 5.41) is 0. The van der Waals surface area contributed by atoms with Crippen molar-refractivity contribution in [2.45, 2.75) is 38.9 Å². The normalized spacial score (nSPS) is 15.8. The zero-order valence-electron chi connectivity index (χ0n) is 22.6. The molecule has 5 nitrogen and oxygen atoms in total. The van der Waals surface area contributed by atoms with E-state index >= 15 is 0 Å². The Morgan fingerprint density at radius 3 is 1.41 bits per heavy atom. The van der Waals surface area contributed by atoms with Gasteiger partial charge in [-0.05, 0) is 50.4 Å². The molecule has 0 bridgehead atoms. The lowest BCUT2D eigenvalue weighted by Crippen LogP contribution is -2.41. The highest BCUT2D eigenvalue weighted by Gasteiger charge is 2.51. The van der Waals surface area contributed by atoms with Crippen LogP contribution in [0.1, 0.15) is 27.7 Å². The van der Waals surface area contributed by atoms with Crippen LogP contribution in [0, 0.1) is 0 Å². The van der Waals surface area contributed by atoms with Gasteiger partial charge in [0.2, 0.25) is 0 Å². The minimum absolute atomic E-state index is 0.390. The van der Waals surface area contributed by atoms with Crippen molar-refractivity contribution in [3.63, 3.8) is 0 Å². The van der Waals surface area contributed by atoms with Crippen LogP contribution in [0.4, 0.5) is 0 Å². The molecule has 0 saturated carbocycles. The number of benzene rings is 4. The molecule has 39 heavy (non-hydrogen) atoms. The van der Waals surface area contributed by atoms with Gasteiger partial charge in [-0.25, -0.2) is 15.0 Å². The van der Waals surface area contributed by atoms with E-state index in [2.05, 4.69) is 58.0 Å². The van der Waals surface area contributed by atoms with Crippen molar-refractivity contribution in [3.05, 3.63) is 109 Å². The Kier molecular flexibility index (Phi) is 6.38. The molecular formula is C33H30BN3O2. The molecule has 1 aliphatic rings. The summed E-state index contributed by atoms with van der Waals surface area (Å²) in [4.78, 5) is 14.6. The predicted molar refractivity (Wildman–Crippen MR) is 157 cm³/mol. The van der Waals surface area contributed by atoms with Crippen LogP contribution in [0.15, 0.2) is 109 Å². The standard InChI is InChI=1S/C33H30BN3O2/c1-32(2)33(3,4)39-34(38-32)28-20-12-18-26(22-28)25-17-11-19-27(21-25)31-36-29(23-13-7-5-8-14-23)35-30(37-31)24-15-9-6-10-16-24/h5-22H,1-4H3. The van der Waals surface area contributed by atoms with Gasteiger partial charge in [0.05, 0.1) is 11.2 Å². The fourth-order valence-corrected chi connectivity index (χ4v) is 4.62. The van der Waals surface area contributed by atoms with E-state index in [4.69, 9.17) is 24.3 Å². The summed E-state index contributed by atoms with van der Waals surface area (Å²) >= 11 is 0. The van der Waals surface area contributed by atoms with Gasteiger partial charge in [0.15, 0.2) is 17.5 Å². The van der Waals surface area contributed by atoms with Crippen LogP contribution >= 0.6 is 0 Å². The molecule has 0 amide bonds. The molecule has 192 valence electrons. The van der Waals surface area contributed by atoms with E-state index in [0.717, 1.165) is 33.3 Å². The maximum Gasteiger partial charge on any atom is 0.494 e. The van der Waals surface area contributed by atoms with Crippen molar-refractivity contribution >= 4 is 12.6 Å². The number of hydrogen-bond donors (Lipinski definition) is 0. The third-order valence-corrected chi connectivity index (χ3v) is 7.57. The van der Waals surface area contributed by atoms with Gasteiger partial charge in [-0.3, -0.25) is 0 Å². The van der Waals surface area contributed by atoms with Crippen molar-refractivity contribution in [1.82, 2.24) is 15.0 Å². The molecule has 1 saturated heterocycles. The summed E-state index contributed by atoms with van der Waals surface area (Å²) in [6.45, 7) is 8.29. The van der Waals surface area contributed by atoms with Gasteiger partial charge in [-0.15, -0.1) is 0 Å². The molecule has 0 spiro atoms. The summed E-state index contributed by atoms with van der Waals surface area (Å²) < 4.78 is 12.6. The van der Waals surface area contributed by atoms with Gasteiger partial charge in [0.1, 0.15) is 0 Å². The molecule has 5 aromatic rings. The van der Waals surface area contributed by atoms with Crippen LogP contribution in [0.2, 0.25) is 0 Å². The smallest absolute Gasteiger partial charge is 0.399 e. The van der Waals surface area contributed by atoms with Gasteiger partial charge in [0, 0.05) is 16.7 Å². The summed E-state index contributed by atoms with van der Waals surface area (Å²) in [5.74, 6) is 1.92. The monoisotopic (exact) mass is 511 g/mol. The summed E-state index contributed by atoms with van der Waals surface area (Å²) in [7, 11) is -0.413. The fourth-order valence-electron chi connectivity index (χ4n) is 4.62. The van der Waals surface area contributed by atoms with Crippen molar-refractivity contribution in [2.24, 2.45) is 0 Å². The van der Waals surface area contributed by atoms with E-state index in [1.807, 2.05) is 78.9 Å². The van der Waals surface area contributed by atoms with Crippen LogP contribution in [0.25, 0.3) is 45.3 Å². The third-order valence-electron chi connectivity index (χ3n) is 7.57. The lowest BCUT2D eigenvalue weighted by Gasteiger charge is -2.32. The van der Waals surface area contributed by atoms with Gasteiger partial charge >= 0.3 is 7.12 Å². The van der Waals surface area contributed by atoms with Crippen LogP contribution in [-0.2, 0) is 9.31 Å². The second-order valence-electron chi connectivity index (χ2n) is 10.8. The summed E-state index contributed by atoms with van der Waals surface area (Å²) in [5.41, 5.74) is 5.17. The molecule has 6 heteroatoms. The van der Waals surface area contributed by atoms with Crippen molar-refractivity contribution in [2.75, 3.05) is 0 Å². The molecule has 0 N–H and O–H groups in total. The zero-order valence-corrected chi connectivity index (χ0v) is 22.6. The van der Waals surface area contributed by atoms with E-state index < -0.39 is 7.12 Å². The topological polar surface area (TPSA) is 57.1 Å². The molecule has 0 aliphatic carbocycles. The van der Waals surface area contributed by atoms with Crippen LogP contribution in [0.3, 0.4) is 0 Å². The zero-order chi connectivity index (χ0) is 27.0. The molecule has 0 radical (unpaired) electrons. The SMILES string of the molecule is CC1(C)OB(c2cccc(-c3cccc(-c4nc(-c5ccccc5)nc(-c5ccccc5)n4)c3)c2)OC1(C)C. The Hall–Kier alpha value is -4.13. The Labute approximate surface area is 230 Å². The molecule has 1 aliphatic heterocycles. The van der Waals surface area contributed by atoms with Gasteiger partial charge in [0.25, 0.3) is 0 Å². The number of nitrogens with zero attached hydrogens (tertiary/aromatic N) is 3. The predicted octanol–water partition coefficient (Wildman–Crippen LogP) is 6.84. The Bertz CT molecular complexity index is 1550. The second-order valence-corrected chi connectivity index (χ2v) is 10.8. The highest BCUT2D eigenvalue weighted by Crippen LogP contribution is 2.37. The first-order valence-electron chi connectivity index (χ1n) is 13.2. The highest BCUT2D eigenvalue weighted by atomic mass is 16.7. The highest BCUT2D eigenvalue weighted by molar-refractivity contribution is 6.62. The van der Waals surface area contributed by atoms with E-state index in [1.54, 1.807) is 0 Å². The van der Waals surface area contributed by atoms with Crippen molar-refractivity contribution in [1.29, 1.82) is 0 Å². The number of hydrogen-bond acceptors (Lipinski definition) is 5. The molecule has 1 aromatic heterocycles. The van der Waals surface area contributed by atoms with Crippen LogP contribution in [0.5, 0.6) is 0 Å². The third kappa shape index (κ3) is 5.01. The van der Waals surface area contributed by atoms with Gasteiger partial charge < -0.3 is 9.31 Å². The Morgan fingerprint density at radius 2 is 0.872 bits per heavy atom. The van der Waals surface area contributed by atoms with Crippen LogP contribution < -0.4 is 5.46 Å². The summed E-state index contributed by atoms with van der Waals surface area (Å²) in [6, 6.07) is 36.7. The van der Waals surface area contributed by atoms with E-state index in [9.17, 15) is 0 Å². The Balaban J connectivity index is 1.39. The first-order chi connectivity index (χ1) is 18.8. The quantitative estimate of drug-likeness (QED) is 0.242. The first kappa shape index (κ1) is 25.2.